The van der Waals surface area contributed by atoms with Crippen LogP contribution in [0.2, 0.25) is 0 Å². The van der Waals surface area contributed by atoms with Gasteiger partial charge >= 0.3 is 0 Å². The summed E-state index contributed by atoms with van der Waals surface area (Å²) in [5.41, 5.74) is 2.86. The molecule has 2 aromatic carbocycles. The van der Waals surface area contributed by atoms with E-state index in [9.17, 15) is 9.18 Å². The van der Waals surface area contributed by atoms with Crippen molar-refractivity contribution in [2.24, 2.45) is 4.99 Å². The highest BCUT2D eigenvalue weighted by Gasteiger charge is 2.08. The van der Waals surface area contributed by atoms with Crippen molar-refractivity contribution in [3.8, 4) is 0 Å². The monoisotopic (exact) mass is 498 g/mol. The molecule has 7 heteroatoms. The first kappa shape index (κ1) is 23.9. The number of benzene rings is 2. The Kier molecular flexibility index (Phi) is 10.5. The predicted molar refractivity (Wildman–Crippen MR) is 123 cm³/mol. The first-order valence-electron chi connectivity index (χ1n) is 8.99. The third kappa shape index (κ3) is 7.84. The van der Waals surface area contributed by atoms with Gasteiger partial charge in [0.25, 0.3) is 5.91 Å². The number of halogens is 2. The van der Waals surface area contributed by atoms with E-state index in [1.807, 2.05) is 24.3 Å². The van der Waals surface area contributed by atoms with Crippen LogP contribution in [0.15, 0.2) is 53.5 Å². The largest absolute Gasteiger partial charge is 0.356 e. The van der Waals surface area contributed by atoms with Gasteiger partial charge < -0.3 is 15.5 Å². The second-order valence-corrected chi connectivity index (χ2v) is 6.45. The maximum Gasteiger partial charge on any atom is 0.253 e. The Morgan fingerprint density at radius 2 is 1.61 bits per heavy atom. The molecule has 2 aromatic rings. The Balaban J connectivity index is 0.00000392. The minimum absolute atomic E-state index is 0. The summed E-state index contributed by atoms with van der Waals surface area (Å²) in [6.45, 7) is 1.41. The van der Waals surface area contributed by atoms with Gasteiger partial charge in [-0.3, -0.25) is 9.79 Å². The summed E-state index contributed by atoms with van der Waals surface area (Å²) >= 11 is 0. The van der Waals surface area contributed by atoms with E-state index < -0.39 is 0 Å². The Bertz CT molecular complexity index is 778. The quantitative estimate of drug-likeness (QED) is 0.351. The fraction of sp³-hybridized carbons (Fsp3) is 0.333. The van der Waals surface area contributed by atoms with Crippen LogP contribution < -0.4 is 10.6 Å². The topological polar surface area (TPSA) is 56.7 Å². The highest BCUT2D eigenvalue weighted by molar-refractivity contribution is 14.0. The number of rotatable bonds is 7. The van der Waals surface area contributed by atoms with Gasteiger partial charge in [0.1, 0.15) is 5.82 Å². The lowest BCUT2D eigenvalue weighted by Gasteiger charge is -2.13. The highest BCUT2D eigenvalue weighted by Crippen LogP contribution is 2.08. The summed E-state index contributed by atoms with van der Waals surface area (Å²) in [6.07, 6.45) is 1.57. The Labute approximate surface area is 183 Å². The molecular formula is C21H28FIN4O. The van der Waals surface area contributed by atoms with Crippen molar-refractivity contribution in [2.45, 2.75) is 12.8 Å². The van der Waals surface area contributed by atoms with Crippen LogP contribution in [0.3, 0.4) is 0 Å². The first-order chi connectivity index (χ1) is 13.0. The van der Waals surface area contributed by atoms with Gasteiger partial charge in [-0.05, 0) is 48.2 Å². The molecule has 2 rings (SSSR count). The Hall–Kier alpha value is -2.16. The number of nitrogens with one attached hydrogen (secondary N) is 2. The van der Waals surface area contributed by atoms with Crippen molar-refractivity contribution in [1.29, 1.82) is 0 Å². The number of hydrogen-bond acceptors (Lipinski definition) is 2. The molecule has 28 heavy (non-hydrogen) atoms. The van der Waals surface area contributed by atoms with Gasteiger partial charge in [0.2, 0.25) is 0 Å². The lowest BCUT2D eigenvalue weighted by Crippen LogP contribution is -2.39. The molecule has 0 fully saturated rings. The summed E-state index contributed by atoms with van der Waals surface area (Å²) in [7, 11) is 5.22. The van der Waals surface area contributed by atoms with Gasteiger partial charge in [0, 0.05) is 39.8 Å². The minimum atomic E-state index is -0.222. The fourth-order valence-corrected chi connectivity index (χ4v) is 2.64. The molecule has 5 nitrogen and oxygen atoms in total. The molecule has 152 valence electrons. The molecule has 1 amide bonds. The van der Waals surface area contributed by atoms with E-state index in [1.165, 1.54) is 12.1 Å². The Morgan fingerprint density at radius 3 is 2.18 bits per heavy atom. The minimum Gasteiger partial charge on any atom is -0.356 e. The molecule has 0 saturated heterocycles. The molecule has 0 unspecified atom stereocenters. The van der Waals surface area contributed by atoms with Crippen LogP contribution in [0, 0.1) is 5.82 Å². The first-order valence-corrected chi connectivity index (χ1v) is 8.99. The molecule has 0 aliphatic rings. The third-order valence-electron chi connectivity index (χ3n) is 4.13. The summed E-state index contributed by atoms with van der Waals surface area (Å²) in [5.74, 6) is 0.501. The second-order valence-electron chi connectivity index (χ2n) is 6.45. The number of guanidine groups is 1. The molecule has 0 aliphatic carbocycles. The van der Waals surface area contributed by atoms with E-state index in [-0.39, 0.29) is 35.7 Å². The fourth-order valence-electron chi connectivity index (χ4n) is 2.64. The average molecular weight is 498 g/mol. The number of amides is 1. The zero-order valence-electron chi connectivity index (χ0n) is 16.5. The summed E-state index contributed by atoms with van der Waals surface area (Å²) < 4.78 is 12.9. The van der Waals surface area contributed by atoms with Gasteiger partial charge in [-0.1, -0.05) is 24.3 Å². The van der Waals surface area contributed by atoms with Crippen LogP contribution in [0.25, 0.3) is 0 Å². The normalized spacial score (nSPS) is 10.8. The highest BCUT2D eigenvalue weighted by atomic mass is 127. The van der Waals surface area contributed by atoms with Crippen LogP contribution in [0.1, 0.15) is 21.5 Å². The van der Waals surface area contributed by atoms with E-state index in [2.05, 4.69) is 15.6 Å². The van der Waals surface area contributed by atoms with Gasteiger partial charge in [0.15, 0.2) is 5.96 Å². The van der Waals surface area contributed by atoms with E-state index in [0.717, 1.165) is 29.9 Å². The lowest BCUT2D eigenvalue weighted by atomic mass is 10.1. The molecule has 0 saturated carbocycles. The molecule has 2 N–H and O–H groups in total. The second kappa shape index (κ2) is 12.3. The zero-order chi connectivity index (χ0) is 19.6. The molecule has 0 bridgehead atoms. The molecular weight excluding hydrogens is 470 g/mol. The zero-order valence-corrected chi connectivity index (χ0v) is 18.9. The number of hydrogen-bond donors (Lipinski definition) is 2. The van der Waals surface area contributed by atoms with Crippen molar-refractivity contribution >= 4 is 35.8 Å². The average Bonchev–Trinajstić information content (AvgIpc) is 2.67. The maximum absolute atomic E-state index is 12.9. The lowest BCUT2D eigenvalue weighted by molar-refractivity contribution is 0.0827. The molecule has 0 atom stereocenters. The van der Waals surface area contributed by atoms with E-state index in [4.69, 9.17) is 0 Å². The molecule has 0 heterocycles. The third-order valence-corrected chi connectivity index (χ3v) is 4.13. The van der Waals surface area contributed by atoms with Crippen molar-refractivity contribution in [2.75, 3.05) is 34.2 Å². The van der Waals surface area contributed by atoms with Crippen LogP contribution >= 0.6 is 24.0 Å². The van der Waals surface area contributed by atoms with Crippen molar-refractivity contribution in [1.82, 2.24) is 15.5 Å². The summed E-state index contributed by atoms with van der Waals surface area (Å²) in [5, 5.41) is 6.52. The van der Waals surface area contributed by atoms with Crippen LogP contribution in [-0.4, -0.2) is 51.0 Å². The SMILES string of the molecule is CN=C(NCCc1ccc(F)cc1)NCCc1cccc(C(=O)N(C)C)c1.I. The van der Waals surface area contributed by atoms with Crippen molar-refractivity contribution in [3.63, 3.8) is 0 Å². The standard InChI is InChI=1S/C21H27FN4O.HI/c1-23-21(24-13-11-16-7-9-19(22)10-8-16)25-14-12-17-5-4-6-18(15-17)20(27)26(2)3;/h4-10,15H,11-14H2,1-3H3,(H2,23,24,25);1H. The van der Waals surface area contributed by atoms with Crippen LogP contribution in [-0.2, 0) is 12.8 Å². The number of carbonyl (C=O) groups is 1. The van der Waals surface area contributed by atoms with Gasteiger partial charge in [-0.15, -0.1) is 24.0 Å². The van der Waals surface area contributed by atoms with Gasteiger partial charge in [-0.25, -0.2) is 4.39 Å². The maximum atomic E-state index is 12.9. The van der Waals surface area contributed by atoms with Crippen LogP contribution in [0.4, 0.5) is 4.39 Å². The molecule has 0 aliphatic heterocycles. The van der Waals surface area contributed by atoms with Crippen molar-refractivity contribution in [3.05, 3.63) is 71.0 Å². The van der Waals surface area contributed by atoms with Crippen LogP contribution in [0.5, 0.6) is 0 Å². The van der Waals surface area contributed by atoms with E-state index >= 15 is 0 Å². The summed E-state index contributed by atoms with van der Waals surface area (Å²) in [6, 6.07) is 14.2. The van der Waals surface area contributed by atoms with E-state index in [0.29, 0.717) is 18.7 Å². The number of carbonyl (C=O) groups excluding carboxylic acids is 1. The Morgan fingerprint density at radius 1 is 1.00 bits per heavy atom. The number of nitrogens with zero attached hydrogens (tertiary/aromatic N) is 2. The van der Waals surface area contributed by atoms with Crippen molar-refractivity contribution < 1.29 is 9.18 Å². The predicted octanol–water partition coefficient (Wildman–Crippen LogP) is 3.10. The van der Waals surface area contributed by atoms with E-state index in [1.54, 1.807) is 38.2 Å². The smallest absolute Gasteiger partial charge is 0.253 e. The van der Waals surface area contributed by atoms with Gasteiger partial charge in [-0.2, -0.15) is 0 Å². The molecule has 0 aromatic heterocycles. The summed E-state index contributed by atoms with van der Waals surface area (Å²) in [4.78, 5) is 17.8. The molecule has 0 radical (unpaired) electrons. The number of aliphatic imine (C=N–C) groups is 1. The molecule has 0 spiro atoms. The van der Waals surface area contributed by atoms with Gasteiger partial charge in [0.05, 0.1) is 0 Å².